The van der Waals surface area contributed by atoms with Crippen molar-refractivity contribution in [3.8, 4) is 11.5 Å². The van der Waals surface area contributed by atoms with E-state index in [1.807, 2.05) is 26.0 Å². The highest BCUT2D eigenvalue weighted by molar-refractivity contribution is 6.25. The molecule has 10 nitrogen and oxygen atoms in total. The Bertz CT molecular complexity index is 1130. The van der Waals surface area contributed by atoms with Gasteiger partial charge in [-0.15, -0.1) is 0 Å². The van der Waals surface area contributed by atoms with E-state index in [9.17, 15) is 14.4 Å². The van der Waals surface area contributed by atoms with Gasteiger partial charge in [0.1, 0.15) is 6.54 Å². The van der Waals surface area contributed by atoms with Crippen molar-refractivity contribution in [3.63, 3.8) is 0 Å². The van der Waals surface area contributed by atoms with Gasteiger partial charge >= 0.3 is 0 Å². The molecule has 1 saturated heterocycles. The number of nitrogens with zero attached hydrogens (tertiary/aromatic N) is 4. The fourth-order valence-corrected chi connectivity index (χ4v) is 3.80. The van der Waals surface area contributed by atoms with Gasteiger partial charge in [0.25, 0.3) is 11.8 Å². The highest BCUT2D eigenvalue weighted by Gasteiger charge is 2.55. The lowest BCUT2D eigenvalue weighted by Gasteiger charge is -2.21. The second-order valence-electron chi connectivity index (χ2n) is 7.54. The monoisotopic (exact) mass is 437 g/mol. The Labute approximate surface area is 184 Å². The molecule has 3 amide bonds. The topological polar surface area (TPSA) is 113 Å². The third kappa shape index (κ3) is 3.53. The van der Waals surface area contributed by atoms with Crippen molar-refractivity contribution < 1.29 is 23.9 Å². The number of carbonyl (C=O) groups is 3. The summed E-state index contributed by atoms with van der Waals surface area (Å²) in [5.41, 5.74) is 3.02. The number of methoxy groups -OCH3 is 2. The normalized spacial score (nSPS) is 19.4. The Morgan fingerprint density at radius 1 is 1.06 bits per heavy atom. The molecule has 0 radical (unpaired) electrons. The lowest BCUT2D eigenvalue weighted by atomic mass is 10.1. The van der Waals surface area contributed by atoms with Crippen molar-refractivity contribution in [2.24, 2.45) is 10.3 Å². The van der Waals surface area contributed by atoms with E-state index in [-0.39, 0.29) is 12.5 Å². The van der Waals surface area contributed by atoms with Crippen LogP contribution in [0.5, 0.6) is 11.5 Å². The fraction of sp³-hybridized carbons (Fsp3) is 0.318. The molecule has 2 aromatic rings. The molecule has 10 heteroatoms. The minimum absolute atomic E-state index is 0.211. The Kier molecular flexibility index (Phi) is 5.52. The lowest BCUT2D eigenvalue weighted by molar-refractivity contribution is -0.123. The molecule has 0 aliphatic carbocycles. The third-order valence-electron chi connectivity index (χ3n) is 5.67. The Morgan fingerprint density at radius 2 is 1.81 bits per heavy atom. The number of benzene rings is 2. The molecule has 1 fully saturated rings. The van der Waals surface area contributed by atoms with E-state index < -0.39 is 23.9 Å². The molecule has 0 bridgehead atoms. The van der Waals surface area contributed by atoms with E-state index >= 15 is 0 Å². The number of hydrogen-bond donors (Lipinski definition) is 1. The zero-order valence-electron chi connectivity index (χ0n) is 18.2. The van der Waals surface area contributed by atoms with Crippen LogP contribution in [-0.4, -0.2) is 55.6 Å². The van der Waals surface area contributed by atoms with Gasteiger partial charge in [-0.25, -0.2) is 4.90 Å². The second-order valence-corrected chi connectivity index (χ2v) is 7.54. The number of fused-ring (bicyclic) bond motifs is 1. The van der Waals surface area contributed by atoms with Crippen LogP contribution in [0.4, 0.5) is 11.4 Å². The molecule has 0 saturated carbocycles. The van der Waals surface area contributed by atoms with Gasteiger partial charge in [0.15, 0.2) is 23.6 Å². The number of aryl methyl sites for hydroxylation is 1. The minimum atomic E-state index is -0.996. The second kappa shape index (κ2) is 8.29. The molecule has 0 aromatic heterocycles. The van der Waals surface area contributed by atoms with Crippen LogP contribution in [0.15, 0.2) is 46.7 Å². The molecule has 2 atom stereocenters. The molecule has 32 heavy (non-hydrogen) atoms. The summed E-state index contributed by atoms with van der Waals surface area (Å²) in [4.78, 5) is 39.7. The summed E-state index contributed by atoms with van der Waals surface area (Å²) in [5, 5.41) is 12.0. The Balaban J connectivity index is 1.52. The maximum atomic E-state index is 13.1. The first-order chi connectivity index (χ1) is 15.3. The fourth-order valence-electron chi connectivity index (χ4n) is 3.80. The molecule has 2 aliphatic heterocycles. The van der Waals surface area contributed by atoms with Crippen molar-refractivity contribution in [1.29, 1.82) is 0 Å². The van der Waals surface area contributed by atoms with Gasteiger partial charge in [0, 0.05) is 11.8 Å². The van der Waals surface area contributed by atoms with Crippen LogP contribution in [0.3, 0.4) is 0 Å². The smallest absolute Gasteiger partial charge is 0.263 e. The minimum Gasteiger partial charge on any atom is -0.493 e. The average molecular weight is 437 g/mol. The van der Waals surface area contributed by atoms with Crippen LogP contribution >= 0.6 is 0 Å². The van der Waals surface area contributed by atoms with Crippen molar-refractivity contribution in [2.75, 3.05) is 31.0 Å². The molecule has 1 N–H and O–H groups in total. The van der Waals surface area contributed by atoms with E-state index in [0.29, 0.717) is 22.9 Å². The van der Waals surface area contributed by atoms with E-state index in [2.05, 4.69) is 15.7 Å². The SMILES string of the molecule is COc1ccc(N2C(=O)[C@@H]3N=NN(CC(=O)Nc4cccc(C)c4C)[C@H]3C2=O)cc1OC. The molecule has 2 aliphatic rings. The van der Waals surface area contributed by atoms with Gasteiger partial charge in [-0.3, -0.25) is 19.4 Å². The van der Waals surface area contributed by atoms with Crippen LogP contribution in [0.25, 0.3) is 0 Å². The lowest BCUT2D eigenvalue weighted by Crippen LogP contribution is -2.43. The highest BCUT2D eigenvalue weighted by atomic mass is 16.5. The summed E-state index contributed by atoms with van der Waals surface area (Å²) in [6, 6.07) is 8.39. The van der Waals surface area contributed by atoms with Crippen LogP contribution < -0.4 is 19.7 Å². The van der Waals surface area contributed by atoms with E-state index in [0.717, 1.165) is 16.0 Å². The van der Waals surface area contributed by atoms with E-state index in [1.165, 1.54) is 19.2 Å². The number of amides is 3. The Morgan fingerprint density at radius 3 is 2.53 bits per heavy atom. The molecule has 0 unspecified atom stereocenters. The van der Waals surface area contributed by atoms with Crippen LogP contribution in [0.1, 0.15) is 11.1 Å². The number of ether oxygens (including phenoxy) is 2. The first kappa shape index (κ1) is 21.3. The summed E-state index contributed by atoms with van der Waals surface area (Å²) < 4.78 is 10.5. The van der Waals surface area contributed by atoms with Crippen molar-refractivity contribution in [2.45, 2.75) is 25.9 Å². The maximum Gasteiger partial charge on any atom is 0.263 e. The van der Waals surface area contributed by atoms with E-state index in [1.54, 1.807) is 24.3 Å². The van der Waals surface area contributed by atoms with Crippen molar-refractivity contribution in [3.05, 3.63) is 47.5 Å². The first-order valence-corrected chi connectivity index (χ1v) is 9.99. The number of nitrogens with one attached hydrogen (secondary N) is 1. The van der Waals surface area contributed by atoms with Gasteiger partial charge in [0.05, 0.1) is 19.9 Å². The largest absolute Gasteiger partial charge is 0.493 e. The quantitative estimate of drug-likeness (QED) is 0.694. The summed E-state index contributed by atoms with van der Waals surface area (Å²) in [6.45, 7) is 3.66. The zero-order valence-corrected chi connectivity index (χ0v) is 18.2. The maximum absolute atomic E-state index is 13.1. The van der Waals surface area contributed by atoms with Gasteiger partial charge in [-0.1, -0.05) is 17.4 Å². The zero-order chi connectivity index (χ0) is 23.0. The number of rotatable bonds is 6. The predicted molar refractivity (Wildman–Crippen MR) is 116 cm³/mol. The Hall–Kier alpha value is -3.95. The van der Waals surface area contributed by atoms with Crippen LogP contribution in [0, 0.1) is 13.8 Å². The summed E-state index contributed by atoms with van der Waals surface area (Å²) >= 11 is 0. The third-order valence-corrected chi connectivity index (χ3v) is 5.67. The predicted octanol–water partition coefficient (Wildman–Crippen LogP) is 2.25. The highest BCUT2D eigenvalue weighted by Crippen LogP contribution is 2.36. The van der Waals surface area contributed by atoms with Gasteiger partial charge < -0.3 is 14.8 Å². The average Bonchev–Trinajstić information content (AvgIpc) is 3.30. The van der Waals surface area contributed by atoms with Crippen molar-refractivity contribution >= 4 is 29.1 Å². The molecule has 2 aromatic carbocycles. The first-order valence-electron chi connectivity index (χ1n) is 9.99. The van der Waals surface area contributed by atoms with Crippen LogP contribution in [-0.2, 0) is 14.4 Å². The van der Waals surface area contributed by atoms with Gasteiger partial charge in [-0.2, -0.15) is 5.11 Å². The number of anilines is 2. The van der Waals surface area contributed by atoms with E-state index in [4.69, 9.17) is 9.47 Å². The van der Waals surface area contributed by atoms with Gasteiger partial charge in [-0.05, 0) is 43.2 Å². The standard InChI is InChI=1S/C22H23N5O5/c1-12-6-5-7-15(13(12)2)23-18(28)11-26-20-19(24-25-26)21(29)27(22(20)30)14-8-9-16(31-3)17(10-14)32-4/h5-10,19-20H,11H2,1-4H3,(H,23,28)/t19-,20-/m1/s1. The summed E-state index contributed by atoms with van der Waals surface area (Å²) in [5.74, 6) is -0.512. The summed E-state index contributed by atoms with van der Waals surface area (Å²) in [6.07, 6.45) is 0. The number of carbonyl (C=O) groups excluding carboxylic acids is 3. The number of imide groups is 1. The summed E-state index contributed by atoms with van der Waals surface area (Å²) in [7, 11) is 2.96. The number of hydrogen-bond acceptors (Lipinski definition) is 8. The molecule has 166 valence electrons. The molecule has 2 heterocycles. The van der Waals surface area contributed by atoms with Crippen molar-refractivity contribution in [1.82, 2.24) is 5.01 Å². The van der Waals surface area contributed by atoms with Gasteiger partial charge in [0.2, 0.25) is 5.91 Å². The molecule has 0 spiro atoms. The van der Waals surface area contributed by atoms with Crippen LogP contribution in [0.2, 0.25) is 0 Å². The molecule has 4 rings (SSSR count). The molecular weight excluding hydrogens is 414 g/mol. The molecular formula is C22H23N5O5.